The normalized spacial score (nSPS) is 17.5. The number of nitrogens with one attached hydrogen (secondary N) is 1. The molecule has 1 saturated heterocycles. The van der Waals surface area contributed by atoms with Gasteiger partial charge in [0.25, 0.3) is 0 Å². The third-order valence-electron chi connectivity index (χ3n) is 19.9. The monoisotopic (exact) mass is 1350 g/mol. The molecule has 6 N–H and O–H groups in total. The molecule has 564 valence electrons. The van der Waals surface area contributed by atoms with Gasteiger partial charge in [0.05, 0.1) is 32.0 Å². The van der Waals surface area contributed by atoms with Gasteiger partial charge in [-0.15, -0.1) is 0 Å². The Morgan fingerprint density at radius 2 is 0.677 bits per heavy atom. The lowest BCUT2D eigenvalue weighted by Crippen LogP contribution is -2.60. The number of carbonyl (C=O) groups is 2. The zero-order valence-electron chi connectivity index (χ0n) is 63.1. The van der Waals surface area contributed by atoms with E-state index >= 15 is 0 Å². The fraction of sp³-hybridized carbons (Fsp3) is 0.882. The molecule has 0 aromatic rings. The lowest BCUT2D eigenvalue weighted by Gasteiger charge is -2.40. The van der Waals surface area contributed by atoms with Crippen molar-refractivity contribution in [1.82, 2.24) is 5.32 Å². The number of aliphatic hydroxyl groups excluding tert-OH is 5. The van der Waals surface area contributed by atoms with E-state index in [-0.39, 0.29) is 18.5 Å². The van der Waals surface area contributed by atoms with Gasteiger partial charge in [0.15, 0.2) is 6.29 Å². The summed E-state index contributed by atoms with van der Waals surface area (Å²) in [5.74, 6) is -0.170. The molecule has 1 fully saturated rings. The van der Waals surface area contributed by atoms with Gasteiger partial charge in [-0.2, -0.15) is 0 Å². The Hall–Kier alpha value is -2.38. The highest BCUT2D eigenvalue weighted by molar-refractivity contribution is 5.76. The van der Waals surface area contributed by atoms with Gasteiger partial charge in [0.1, 0.15) is 24.4 Å². The van der Waals surface area contributed by atoms with E-state index in [1.54, 1.807) is 6.08 Å². The number of aliphatic hydroxyl groups is 5. The van der Waals surface area contributed by atoms with Crippen molar-refractivity contribution in [2.24, 2.45) is 0 Å². The maximum atomic E-state index is 13.1. The Morgan fingerprint density at radius 1 is 0.375 bits per heavy atom. The van der Waals surface area contributed by atoms with Crippen LogP contribution in [0.1, 0.15) is 418 Å². The number of allylic oxidation sites excluding steroid dienone is 7. The third kappa shape index (κ3) is 61.5. The van der Waals surface area contributed by atoms with E-state index in [0.717, 1.165) is 64.2 Å². The van der Waals surface area contributed by atoms with Crippen LogP contribution in [0.2, 0.25) is 0 Å². The van der Waals surface area contributed by atoms with Crippen molar-refractivity contribution < 1.29 is 49.3 Å². The first-order chi connectivity index (χ1) is 47.2. The molecule has 7 unspecified atom stereocenters. The summed E-state index contributed by atoms with van der Waals surface area (Å²) < 4.78 is 16.8. The van der Waals surface area contributed by atoms with Gasteiger partial charge in [0.2, 0.25) is 5.91 Å². The zero-order valence-corrected chi connectivity index (χ0v) is 63.1. The molecular weight excluding hydrogens is 1190 g/mol. The molecule has 0 spiro atoms. The summed E-state index contributed by atoms with van der Waals surface area (Å²) in [6.07, 6.45) is 88.8. The topological polar surface area (TPSA) is 175 Å². The molecule has 0 radical (unpaired) electrons. The Labute approximate surface area is 593 Å². The first kappa shape index (κ1) is 91.6. The third-order valence-corrected chi connectivity index (χ3v) is 19.9. The summed E-state index contributed by atoms with van der Waals surface area (Å²) in [5, 5.41) is 54.5. The molecule has 0 aliphatic carbocycles. The zero-order chi connectivity index (χ0) is 69.4. The summed E-state index contributed by atoms with van der Waals surface area (Å²) in [4.78, 5) is 25.2. The Bertz CT molecular complexity index is 1740. The fourth-order valence-corrected chi connectivity index (χ4v) is 13.3. The van der Waals surface area contributed by atoms with Crippen molar-refractivity contribution in [1.29, 1.82) is 0 Å². The summed E-state index contributed by atoms with van der Waals surface area (Å²) in [5.41, 5.74) is 0. The quantitative estimate of drug-likeness (QED) is 0.0195. The summed E-state index contributed by atoms with van der Waals surface area (Å²) in [7, 11) is 0. The highest BCUT2D eigenvalue weighted by atomic mass is 16.7. The molecular formula is C85H159NO10. The Kier molecular flexibility index (Phi) is 70.5. The van der Waals surface area contributed by atoms with Gasteiger partial charge in [-0.25, -0.2) is 0 Å². The minimum atomic E-state index is -1.58. The highest BCUT2D eigenvalue weighted by Crippen LogP contribution is 2.24. The lowest BCUT2D eigenvalue weighted by atomic mass is 9.99. The van der Waals surface area contributed by atoms with E-state index in [1.165, 1.54) is 327 Å². The van der Waals surface area contributed by atoms with Crippen molar-refractivity contribution in [3.63, 3.8) is 0 Å². The first-order valence-corrected chi connectivity index (χ1v) is 41.9. The van der Waals surface area contributed by atoms with Crippen molar-refractivity contribution in [2.45, 2.75) is 461 Å². The van der Waals surface area contributed by atoms with Crippen LogP contribution in [0, 0.1) is 0 Å². The van der Waals surface area contributed by atoms with E-state index in [1.807, 2.05) is 6.08 Å². The van der Waals surface area contributed by atoms with Crippen molar-refractivity contribution >= 4 is 11.9 Å². The molecule has 1 aliphatic heterocycles. The van der Waals surface area contributed by atoms with E-state index in [0.29, 0.717) is 19.4 Å². The van der Waals surface area contributed by atoms with Gasteiger partial charge in [-0.3, -0.25) is 9.59 Å². The molecule has 1 rings (SSSR count). The van der Waals surface area contributed by atoms with Crippen LogP contribution in [-0.4, -0.2) is 100 Å². The molecule has 0 aromatic heterocycles. The number of rotatable bonds is 75. The smallest absolute Gasteiger partial charge is 0.305 e. The minimum Gasteiger partial charge on any atom is -0.466 e. The van der Waals surface area contributed by atoms with Crippen molar-refractivity contribution in [3.05, 3.63) is 48.6 Å². The molecule has 0 bridgehead atoms. The van der Waals surface area contributed by atoms with Crippen LogP contribution in [-0.2, 0) is 23.8 Å². The molecule has 0 saturated carbocycles. The molecule has 0 aromatic carbocycles. The number of unbranched alkanes of at least 4 members (excludes halogenated alkanes) is 55. The summed E-state index contributed by atoms with van der Waals surface area (Å²) in [6, 6.07) is -0.832. The standard InChI is InChI=1S/C85H159NO10/c1-3-5-7-9-11-13-15-17-18-45-49-53-57-61-65-69-73-81(90)94-74-70-66-62-58-54-50-46-43-41-39-37-35-33-31-29-27-25-23-21-19-20-22-24-26-28-30-32-34-36-38-40-42-44-48-52-56-60-64-68-72-80(89)86-77(76-95-85-84(93)83(92)82(91)79(75-87)96-85)78(88)71-67-63-59-55-51-47-16-14-12-10-8-6-4-2/h12,14,19-20,51,55,67,71,77-79,82-85,87-88,91-93H,3-11,13,15-18,21-50,52-54,56-66,68-70,72-76H2,1-2H3,(H,86,89)/b14-12+,20-19-,55-51+,71-67+. The van der Waals surface area contributed by atoms with Crippen LogP contribution >= 0.6 is 0 Å². The maximum Gasteiger partial charge on any atom is 0.305 e. The SMILES string of the molecule is CCCCC/C=C/CC/C=C/CC/C=C/C(O)C(COC1OC(CO)C(O)C(O)C1O)NC(=O)CCCCCCCCCCCCCCCCCCC/C=C\CCCCCCCCCCCCCCCCCCCCOC(=O)CCCCCCCCCCCCCCCCCC. The molecule has 11 nitrogen and oxygen atoms in total. The fourth-order valence-electron chi connectivity index (χ4n) is 13.3. The van der Waals surface area contributed by atoms with Crippen LogP contribution in [0.4, 0.5) is 0 Å². The average molecular weight is 1360 g/mol. The molecule has 11 heteroatoms. The average Bonchev–Trinajstić information content (AvgIpc) is 0.843. The minimum absolute atomic E-state index is 0.0206. The Balaban J connectivity index is 1.88. The van der Waals surface area contributed by atoms with Crippen LogP contribution in [0.25, 0.3) is 0 Å². The van der Waals surface area contributed by atoms with Gasteiger partial charge in [0, 0.05) is 12.8 Å². The second-order valence-electron chi connectivity index (χ2n) is 29.2. The summed E-state index contributed by atoms with van der Waals surface area (Å²) in [6.45, 7) is 4.35. The largest absolute Gasteiger partial charge is 0.466 e. The van der Waals surface area contributed by atoms with Gasteiger partial charge in [-0.1, -0.05) is 371 Å². The van der Waals surface area contributed by atoms with E-state index < -0.39 is 49.5 Å². The molecule has 1 heterocycles. The number of hydrogen-bond donors (Lipinski definition) is 6. The number of ether oxygens (including phenoxy) is 3. The Morgan fingerprint density at radius 3 is 1.05 bits per heavy atom. The first-order valence-electron chi connectivity index (χ1n) is 41.9. The lowest BCUT2D eigenvalue weighted by molar-refractivity contribution is -0.302. The van der Waals surface area contributed by atoms with Gasteiger partial charge in [-0.05, 0) is 83.5 Å². The van der Waals surface area contributed by atoms with Crippen LogP contribution < -0.4 is 5.32 Å². The molecule has 7 atom stereocenters. The molecule has 1 amide bonds. The number of hydrogen-bond acceptors (Lipinski definition) is 10. The second kappa shape index (κ2) is 73.8. The number of esters is 1. The van der Waals surface area contributed by atoms with E-state index in [4.69, 9.17) is 14.2 Å². The van der Waals surface area contributed by atoms with Gasteiger partial charge < -0.3 is 45.1 Å². The van der Waals surface area contributed by atoms with Gasteiger partial charge >= 0.3 is 5.97 Å². The predicted octanol–water partition coefficient (Wildman–Crippen LogP) is 23.0. The van der Waals surface area contributed by atoms with E-state index in [2.05, 4.69) is 55.6 Å². The van der Waals surface area contributed by atoms with Crippen LogP contribution in [0.5, 0.6) is 0 Å². The van der Waals surface area contributed by atoms with Crippen LogP contribution in [0.3, 0.4) is 0 Å². The van der Waals surface area contributed by atoms with Crippen molar-refractivity contribution in [2.75, 3.05) is 19.8 Å². The number of amides is 1. The predicted molar refractivity (Wildman–Crippen MR) is 407 cm³/mol. The second-order valence-corrected chi connectivity index (χ2v) is 29.2. The molecule has 1 aliphatic rings. The summed E-state index contributed by atoms with van der Waals surface area (Å²) >= 11 is 0. The van der Waals surface area contributed by atoms with Crippen LogP contribution in [0.15, 0.2) is 48.6 Å². The highest BCUT2D eigenvalue weighted by Gasteiger charge is 2.44. The van der Waals surface area contributed by atoms with Crippen molar-refractivity contribution in [3.8, 4) is 0 Å². The number of carbonyl (C=O) groups excluding carboxylic acids is 2. The maximum absolute atomic E-state index is 13.1. The van der Waals surface area contributed by atoms with E-state index in [9.17, 15) is 35.1 Å². The molecule has 96 heavy (non-hydrogen) atoms.